The topological polar surface area (TPSA) is 101 Å². The number of benzene rings is 2. The summed E-state index contributed by atoms with van der Waals surface area (Å²) in [5.41, 5.74) is 13.8. The Labute approximate surface area is 117 Å². The van der Waals surface area contributed by atoms with Gasteiger partial charge >= 0.3 is 0 Å². The summed E-state index contributed by atoms with van der Waals surface area (Å²) in [7, 11) is 1.87. The Morgan fingerprint density at radius 2 is 1.25 bits per heavy atom. The van der Waals surface area contributed by atoms with E-state index in [9.17, 15) is 0 Å². The van der Waals surface area contributed by atoms with Gasteiger partial charge in [-0.1, -0.05) is 0 Å². The minimum Gasteiger partial charge on any atom is -0.388 e. The minimum absolute atomic E-state index is 0.0315. The van der Waals surface area contributed by atoms with E-state index in [1.54, 1.807) is 24.3 Å². The quantitative estimate of drug-likeness (QED) is 0.451. The lowest BCUT2D eigenvalue weighted by Gasteiger charge is -1.99. The van der Waals surface area contributed by atoms with Gasteiger partial charge in [0.1, 0.15) is 0 Å². The van der Waals surface area contributed by atoms with Crippen LogP contribution < -0.4 is 16.8 Å². The first-order valence-corrected chi connectivity index (χ1v) is 6.06. The van der Waals surface area contributed by atoms with Crippen molar-refractivity contribution < 1.29 is 0 Å². The van der Waals surface area contributed by atoms with Crippen molar-refractivity contribution in [1.82, 2.24) is 0 Å². The van der Waals surface area contributed by atoms with Gasteiger partial charge in [-0.3, -0.25) is 0 Å². The van der Waals surface area contributed by atoms with Crippen LogP contribution in [0.5, 0.6) is 0 Å². The molecule has 2 rings (SSSR count). The molecule has 0 bridgehead atoms. The molecule has 0 aromatic heterocycles. The van der Waals surface area contributed by atoms with E-state index >= 15 is 0 Å². The smallest absolute Gasteiger partial charge is 0.191 e. The van der Waals surface area contributed by atoms with Gasteiger partial charge in [0.05, 0.1) is 17.1 Å². The molecule has 2 aromatic rings. The molecule has 20 heavy (non-hydrogen) atoms. The van der Waals surface area contributed by atoms with Crippen LogP contribution in [0.3, 0.4) is 0 Å². The summed E-state index contributed by atoms with van der Waals surface area (Å²) >= 11 is 0. The van der Waals surface area contributed by atoms with Crippen molar-refractivity contribution >= 4 is 28.7 Å². The van der Waals surface area contributed by atoms with Gasteiger partial charge < -0.3 is 16.8 Å². The molecule has 102 valence electrons. The average molecular weight is 268 g/mol. The second-order valence-corrected chi connectivity index (χ2v) is 4.05. The van der Waals surface area contributed by atoms with Crippen LogP contribution in [0.1, 0.15) is 0 Å². The molecule has 6 nitrogen and oxygen atoms in total. The lowest BCUT2D eigenvalue weighted by Crippen LogP contribution is -2.21. The number of nitrogens with one attached hydrogen (secondary N) is 1. The highest BCUT2D eigenvalue weighted by Crippen LogP contribution is 2.22. The van der Waals surface area contributed by atoms with Crippen LogP contribution in [-0.4, -0.2) is 13.0 Å². The van der Waals surface area contributed by atoms with Crippen LogP contribution in [0.4, 0.5) is 22.7 Å². The zero-order valence-electron chi connectivity index (χ0n) is 11.1. The zero-order chi connectivity index (χ0) is 14.4. The molecule has 2 aromatic carbocycles. The Balaban J connectivity index is 2.08. The molecule has 0 spiro atoms. The number of hydrogen-bond acceptors (Lipinski definition) is 4. The summed E-state index contributed by atoms with van der Waals surface area (Å²) in [6, 6.07) is 14.8. The number of nitrogens with zero attached hydrogens (tertiary/aromatic N) is 3. The van der Waals surface area contributed by atoms with Gasteiger partial charge in [-0.25, -0.2) is 4.99 Å². The van der Waals surface area contributed by atoms with E-state index in [0.717, 1.165) is 17.1 Å². The maximum absolute atomic E-state index is 5.30. The van der Waals surface area contributed by atoms with Gasteiger partial charge in [-0.2, -0.15) is 10.2 Å². The highest BCUT2D eigenvalue weighted by atomic mass is 15.1. The third-order valence-corrected chi connectivity index (χ3v) is 2.54. The standard InChI is InChI=1S/C14H16N6/c1-17-10-2-6-12(7-3-10)19-20-13-8-4-11(5-9-13)18-14(15)16/h2-9,17H,1H3,(H4,15,16,18). The number of nitrogens with two attached hydrogens (primary N) is 2. The lowest BCUT2D eigenvalue weighted by molar-refractivity contribution is 1.23. The fourth-order valence-electron chi connectivity index (χ4n) is 1.55. The summed E-state index contributed by atoms with van der Waals surface area (Å²) < 4.78 is 0. The molecule has 0 saturated heterocycles. The largest absolute Gasteiger partial charge is 0.388 e. The first-order chi connectivity index (χ1) is 9.67. The zero-order valence-corrected chi connectivity index (χ0v) is 11.1. The maximum Gasteiger partial charge on any atom is 0.191 e. The van der Waals surface area contributed by atoms with Crippen molar-refractivity contribution in [3.05, 3.63) is 48.5 Å². The third kappa shape index (κ3) is 3.81. The highest BCUT2D eigenvalue weighted by Gasteiger charge is 1.94. The van der Waals surface area contributed by atoms with E-state index in [4.69, 9.17) is 11.5 Å². The summed E-state index contributed by atoms with van der Waals surface area (Å²) in [5.74, 6) is 0.0315. The predicted molar refractivity (Wildman–Crippen MR) is 82.1 cm³/mol. The molecule has 0 aliphatic rings. The summed E-state index contributed by atoms with van der Waals surface area (Å²) in [5, 5.41) is 11.3. The van der Waals surface area contributed by atoms with E-state index in [0.29, 0.717) is 5.69 Å². The van der Waals surface area contributed by atoms with Crippen molar-refractivity contribution in [2.45, 2.75) is 0 Å². The van der Waals surface area contributed by atoms with E-state index in [2.05, 4.69) is 20.5 Å². The molecule has 5 N–H and O–H groups in total. The van der Waals surface area contributed by atoms with E-state index < -0.39 is 0 Å². The molecule has 0 atom stereocenters. The summed E-state index contributed by atoms with van der Waals surface area (Å²) in [6.45, 7) is 0. The Morgan fingerprint density at radius 1 is 0.800 bits per heavy atom. The van der Waals surface area contributed by atoms with Crippen molar-refractivity contribution in [2.75, 3.05) is 12.4 Å². The Bertz CT molecular complexity index is 609. The first kappa shape index (κ1) is 13.5. The summed E-state index contributed by atoms with van der Waals surface area (Å²) in [6.07, 6.45) is 0. The number of rotatable bonds is 4. The monoisotopic (exact) mass is 268 g/mol. The van der Waals surface area contributed by atoms with Crippen molar-refractivity contribution in [1.29, 1.82) is 0 Å². The minimum atomic E-state index is 0.0315. The second kappa shape index (κ2) is 6.33. The SMILES string of the molecule is CNc1ccc(N=Nc2ccc(N=C(N)N)cc2)cc1. The number of guanidine groups is 1. The Kier molecular flexibility index (Phi) is 4.28. The normalized spacial score (nSPS) is 10.4. The molecular weight excluding hydrogens is 252 g/mol. The van der Waals surface area contributed by atoms with Gasteiger partial charge in [0.2, 0.25) is 0 Å². The molecule has 0 fully saturated rings. The van der Waals surface area contributed by atoms with E-state index in [1.165, 1.54) is 0 Å². The second-order valence-electron chi connectivity index (χ2n) is 4.05. The Morgan fingerprint density at radius 3 is 1.70 bits per heavy atom. The molecule has 0 heterocycles. The van der Waals surface area contributed by atoms with Crippen LogP contribution >= 0.6 is 0 Å². The molecule has 6 heteroatoms. The Hall–Kier alpha value is -2.89. The molecule has 0 unspecified atom stereocenters. The van der Waals surface area contributed by atoms with Crippen molar-refractivity contribution in [3.8, 4) is 0 Å². The number of anilines is 1. The molecule has 0 radical (unpaired) electrons. The predicted octanol–water partition coefficient (Wildman–Crippen LogP) is 3.05. The van der Waals surface area contributed by atoms with E-state index in [1.807, 2.05) is 31.3 Å². The van der Waals surface area contributed by atoms with Crippen LogP contribution in [0.15, 0.2) is 63.8 Å². The van der Waals surface area contributed by atoms with Crippen LogP contribution in [0.2, 0.25) is 0 Å². The van der Waals surface area contributed by atoms with Crippen molar-refractivity contribution in [3.63, 3.8) is 0 Å². The first-order valence-electron chi connectivity index (χ1n) is 6.06. The van der Waals surface area contributed by atoms with Gasteiger partial charge in [-0.15, -0.1) is 0 Å². The fraction of sp³-hybridized carbons (Fsp3) is 0.0714. The van der Waals surface area contributed by atoms with Gasteiger partial charge in [0.25, 0.3) is 0 Å². The highest BCUT2D eigenvalue weighted by molar-refractivity contribution is 5.79. The van der Waals surface area contributed by atoms with Gasteiger partial charge in [-0.05, 0) is 48.5 Å². The molecule has 0 amide bonds. The average Bonchev–Trinajstić information content (AvgIpc) is 2.46. The van der Waals surface area contributed by atoms with E-state index in [-0.39, 0.29) is 5.96 Å². The van der Waals surface area contributed by atoms with Crippen LogP contribution in [-0.2, 0) is 0 Å². The maximum atomic E-state index is 5.30. The lowest BCUT2D eigenvalue weighted by atomic mass is 10.3. The molecule has 0 saturated carbocycles. The fourth-order valence-corrected chi connectivity index (χ4v) is 1.55. The molecular formula is C14H16N6. The number of hydrogen-bond donors (Lipinski definition) is 3. The van der Waals surface area contributed by atoms with Crippen molar-refractivity contribution in [2.24, 2.45) is 26.7 Å². The van der Waals surface area contributed by atoms with Crippen LogP contribution in [0, 0.1) is 0 Å². The van der Waals surface area contributed by atoms with Gasteiger partial charge in [0.15, 0.2) is 5.96 Å². The number of aliphatic imine (C=N–C) groups is 1. The number of azo groups is 1. The van der Waals surface area contributed by atoms with Crippen LogP contribution in [0.25, 0.3) is 0 Å². The third-order valence-electron chi connectivity index (χ3n) is 2.54. The summed E-state index contributed by atoms with van der Waals surface area (Å²) in [4.78, 5) is 3.93. The molecule has 0 aliphatic carbocycles. The van der Waals surface area contributed by atoms with Gasteiger partial charge in [0, 0.05) is 12.7 Å². The molecule has 0 aliphatic heterocycles.